The molecule has 33 heavy (non-hydrogen) atoms. The molecule has 1 heterocycles. The lowest BCUT2D eigenvalue weighted by atomic mass is 10.0. The van der Waals surface area contributed by atoms with Crippen molar-refractivity contribution < 1.29 is 9.59 Å². The van der Waals surface area contributed by atoms with Crippen LogP contribution in [0.3, 0.4) is 0 Å². The quantitative estimate of drug-likeness (QED) is 0.475. The highest BCUT2D eigenvalue weighted by Crippen LogP contribution is 2.25. The number of carbonyl (C=O) groups excluding carboxylic acids is 2. The van der Waals surface area contributed by atoms with E-state index in [2.05, 4.69) is 20.8 Å². The monoisotopic (exact) mass is 465 g/mol. The molecule has 0 aliphatic carbocycles. The Hall–Kier alpha value is -3.13. The lowest BCUT2D eigenvalue weighted by molar-refractivity contribution is -0.113. The van der Waals surface area contributed by atoms with Gasteiger partial charge in [-0.3, -0.25) is 9.59 Å². The van der Waals surface area contributed by atoms with Crippen LogP contribution in [0.4, 0.5) is 5.69 Å². The number of amides is 2. The van der Waals surface area contributed by atoms with Crippen molar-refractivity contribution in [2.75, 3.05) is 11.1 Å². The molecule has 1 atom stereocenters. The Morgan fingerprint density at radius 1 is 1.00 bits per heavy atom. The van der Waals surface area contributed by atoms with Crippen LogP contribution in [0.1, 0.15) is 52.8 Å². The molecule has 0 aliphatic rings. The Balaban J connectivity index is 1.68. The highest BCUT2D eigenvalue weighted by Gasteiger charge is 2.25. The molecule has 1 aromatic heterocycles. The van der Waals surface area contributed by atoms with Crippen molar-refractivity contribution in [1.82, 2.24) is 20.1 Å². The van der Waals surface area contributed by atoms with Crippen molar-refractivity contribution in [3.05, 3.63) is 70.5 Å². The van der Waals surface area contributed by atoms with Crippen LogP contribution in [0.5, 0.6) is 0 Å². The van der Waals surface area contributed by atoms with Gasteiger partial charge in [0, 0.05) is 18.3 Å². The molecule has 3 rings (SSSR count). The number of hydrogen-bond acceptors (Lipinski definition) is 5. The normalized spacial score (nSPS) is 12.0. The fourth-order valence-corrected chi connectivity index (χ4v) is 4.22. The number of aromatic nitrogens is 3. The van der Waals surface area contributed by atoms with Gasteiger partial charge in [-0.15, -0.1) is 10.2 Å². The van der Waals surface area contributed by atoms with E-state index in [9.17, 15) is 9.59 Å². The van der Waals surface area contributed by atoms with E-state index < -0.39 is 0 Å². The smallest absolute Gasteiger partial charge is 0.251 e. The van der Waals surface area contributed by atoms with Gasteiger partial charge in [0.1, 0.15) is 0 Å². The number of rotatable bonds is 8. The summed E-state index contributed by atoms with van der Waals surface area (Å²) < 4.78 is 1.84. The van der Waals surface area contributed by atoms with Crippen molar-refractivity contribution in [3.63, 3.8) is 0 Å². The van der Waals surface area contributed by atoms with Gasteiger partial charge < -0.3 is 15.2 Å². The number of anilines is 1. The summed E-state index contributed by atoms with van der Waals surface area (Å²) >= 11 is 1.32. The van der Waals surface area contributed by atoms with Gasteiger partial charge in [-0.2, -0.15) is 0 Å². The van der Waals surface area contributed by atoms with Crippen molar-refractivity contribution in [1.29, 1.82) is 0 Å². The largest absolute Gasteiger partial charge is 0.342 e. The molecule has 2 aromatic carbocycles. The van der Waals surface area contributed by atoms with E-state index in [1.165, 1.54) is 11.8 Å². The minimum absolute atomic E-state index is 0.102. The fraction of sp³-hybridized carbons (Fsp3) is 0.360. The van der Waals surface area contributed by atoms with Gasteiger partial charge in [0.05, 0.1) is 11.8 Å². The lowest BCUT2D eigenvalue weighted by Gasteiger charge is -2.21. The van der Waals surface area contributed by atoms with E-state index in [-0.39, 0.29) is 29.5 Å². The zero-order valence-corrected chi connectivity index (χ0v) is 20.8. The first-order chi connectivity index (χ1) is 15.7. The third-order valence-electron chi connectivity index (χ3n) is 5.49. The zero-order valence-electron chi connectivity index (χ0n) is 20.0. The Morgan fingerprint density at radius 3 is 2.24 bits per heavy atom. The van der Waals surface area contributed by atoms with Gasteiger partial charge in [-0.05, 0) is 49.9 Å². The van der Waals surface area contributed by atoms with Crippen molar-refractivity contribution in [3.8, 4) is 0 Å². The molecule has 174 valence electrons. The minimum Gasteiger partial charge on any atom is -0.342 e. The Kier molecular flexibility index (Phi) is 7.92. The van der Waals surface area contributed by atoms with Crippen molar-refractivity contribution in [2.24, 2.45) is 13.0 Å². The predicted molar refractivity (Wildman–Crippen MR) is 132 cm³/mol. The maximum Gasteiger partial charge on any atom is 0.251 e. The molecular weight excluding hydrogens is 434 g/mol. The average Bonchev–Trinajstić information content (AvgIpc) is 3.13. The van der Waals surface area contributed by atoms with Gasteiger partial charge in [-0.25, -0.2) is 0 Å². The van der Waals surface area contributed by atoms with Crippen LogP contribution < -0.4 is 10.6 Å². The first-order valence-corrected chi connectivity index (χ1v) is 11.9. The van der Waals surface area contributed by atoms with Crippen LogP contribution in [-0.2, 0) is 11.8 Å². The van der Waals surface area contributed by atoms with Gasteiger partial charge in [-0.1, -0.05) is 61.5 Å². The van der Waals surface area contributed by atoms with Crippen molar-refractivity contribution in [2.45, 2.75) is 45.8 Å². The average molecular weight is 466 g/mol. The molecule has 7 nitrogen and oxygen atoms in total. The summed E-state index contributed by atoms with van der Waals surface area (Å²) in [5.41, 5.74) is 4.60. The van der Waals surface area contributed by atoms with Gasteiger partial charge in [0.25, 0.3) is 5.91 Å². The maximum atomic E-state index is 12.8. The van der Waals surface area contributed by atoms with E-state index in [1.54, 1.807) is 0 Å². The summed E-state index contributed by atoms with van der Waals surface area (Å²) in [7, 11) is 1.86. The lowest BCUT2D eigenvalue weighted by Crippen LogP contribution is -2.33. The number of carbonyl (C=O) groups is 2. The number of para-hydroxylation sites is 1. The number of nitrogens with one attached hydrogen (secondary N) is 2. The number of hydrogen-bond donors (Lipinski definition) is 2. The molecule has 3 aromatic rings. The summed E-state index contributed by atoms with van der Waals surface area (Å²) in [6.07, 6.45) is 0. The van der Waals surface area contributed by atoms with Crippen LogP contribution in [-0.4, -0.2) is 32.3 Å². The Bertz CT molecular complexity index is 1120. The zero-order chi connectivity index (χ0) is 24.1. The van der Waals surface area contributed by atoms with E-state index in [0.717, 1.165) is 22.4 Å². The topological polar surface area (TPSA) is 88.9 Å². The standard InChI is InChI=1S/C25H31N5O2S/c1-15(2)21(27-24(32)19-12-10-16(3)11-13-19)23-28-29-25(30(23)6)33-14-20(31)26-22-17(4)8-7-9-18(22)5/h7-13,15,21H,14H2,1-6H3,(H,26,31)(H,27,32)/t21-/m0/s1. The van der Waals surface area contributed by atoms with E-state index >= 15 is 0 Å². The number of benzene rings is 2. The first-order valence-electron chi connectivity index (χ1n) is 10.9. The Morgan fingerprint density at radius 2 is 1.64 bits per heavy atom. The summed E-state index contributed by atoms with van der Waals surface area (Å²) in [5, 5.41) is 15.3. The fourth-order valence-electron chi connectivity index (χ4n) is 3.50. The van der Waals surface area contributed by atoms with Crippen LogP contribution >= 0.6 is 11.8 Å². The van der Waals surface area contributed by atoms with Gasteiger partial charge in [0.2, 0.25) is 5.91 Å². The van der Waals surface area contributed by atoms with Gasteiger partial charge >= 0.3 is 0 Å². The van der Waals surface area contributed by atoms with Crippen LogP contribution in [0.2, 0.25) is 0 Å². The van der Waals surface area contributed by atoms with E-state index in [4.69, 9.17) is 0 Å². The molecule has 8 heteroatoms. The van der Waals surface area contributed by atoms with Crippen LogP contribution in [0.25, 0.3) is 0 Å². The second-order valence-corrected chi connectivity index (χ2v) is 9.51. The molecule has 0 unspecified atom stereocenters. The molecule has 0 fully saturated rings. The Labute approximate surface area is 199 Å². The molecule has 0 aliphatic heterocycles. The highest BCUT2D eigenvalue weighted by molar-refractivity contribution is 7.99. The SMILES string of the molecule is Cc1ccc(C(=O)N[C@H](c2nnc(SCC(=O)Nc3c(C)cccc3C)n2C)C(C)C)cc1. The van der Waals surface area contributed by atoms with E-state index in [0.29, 0.717) is 16.5 Å². The molecule has 0 saturated carbocycles. The van der Waals surface area contributed by atoms with E-state index in [1.807, 2.05) is 88.7 Å². The second-order valence-electron chi connectivity index (χ2n) is 8.56. The minimum atomic E-state index is -0.311. The molecule has 0 bridgehead atoms. The molecule has 2 amide bonds. The summed E-state index contributed by atoms with van der Waals surface area (Å²) in [5.74, 6) is 0.714. The number of nitrogens with zero attached hydrogens (tertiary/aromatic N) is 3. The molecule has 0 spiro atoms. The third-order valence-corrected chi connectivity index (χ3v) is 6.51. The third kappa shape index (κ3) is 6.01. The van der Waals surface area contributed by atoms with Gasteiger partial charge in [0.15, 0.2) is 11.0 Å². The molecule has 0 saturated heterocycles. The number of aryl methyl sites for hydroxylation is 3. The molecular formula is C25H31N5O2S. The molecule has 0 radical (unpaired) electrons. The second kappa shape index (κ2) is 10.7. The maximum absolute atomic E-state index is 12.8. The van der Waals surface area contributed by atoms with Crippen LogP contribution in [0, 0.1) is 26.7 Å². The molecule has 2 N–H and O–H groups in total. The highest BCUT2D eigenvalue weighted by atomic mass is 32.2. The summed E-state index contributed by atoms with van der Waals surface area (Å²) in [6.45, 7) is 9.99. The number of thioether (sulfide) groups is 1. The van der Waals surface area contributed by atoms with Crippen LogP contribution in [0.15, 0.2) is 47.6 Å². The summed E-state index contributed by atoms with van der Waals surface area (Å²) in [4.78, 5) is 25.3. The predicted octanol–water partition coefficient (Wildman–Crippen LogP) is 4.60. The first kappa shape index (κ1) is 24.5. The summed E-state index contributed by atoms with van der Waals surface area (Å²) in [6, 6.07) is 13.1. The van der Waals surface area contributed by atoms with Crippen molar-refractivity contribution >= 4 is 29.3 Å².